The number of carbonyl (C=O) groups is 5. The van der Waals surface area contributed by atoms with E-state index < -0.39 is 53.5 Å². The molecule has 3 atom stereocenters. The standard InChI is InChI=1S/C46H37N3O7/c50-42(48-32-23-30(45(53)54)22-31(24-32)46(55)56)37(21-26-10-2-1-3-11-26)49-44(52)41-39-35-16-8-6-14-33(35)38(34-15-7-9-17-36(34)39)40(41)43(51)47-25-27-18-19-28-12-4-5-13-29(28)20-27/h1-20,22-24,37-41H,21,25H2,(H,47,51)(H,48,50)(H,49,52)(H,53,54)(H,55,56)/t37-,38?,39?,40-,41+/m0/s1. The van der Waals surface area contributed by atoms with Gasteiger partial charge in [-0.15, -0.1) is 0 Å². The van der Waals surface area contributed by atoms with Crippen molar-refractivity contribution in [1.29, 1.82) is 0 Å². The maximum Gasteiger partial charge on any atom is 0.335 e. The molecule has 2 bridgehead atoms. The third kappa shape index (κ3) is 6.88. The van der Waals surface area contributed by atoms with Crippen LogP contribution in [0.15, 0.2) is 140 Å². The predicted molar refractivity (Wildman–Crippen MR) is 210 cm³/mol. The zero-order valence-electron chi connectivity index (χ0n) is 30.0. The van der Waals surface area contributed by atoms with Gasteiger partial charge in [-0.25, -0.2) is 9.59 Å². The Balaban J connectivity index is 1.15. The summed E-state index contributed by atoms with van der Waals surface area (Å²) in [6.45, 7) is 0.252. The number of hydrogen-bond acceptors (Lipinski definition) is 5. The zero-order chi connectivity index (χ0) is 38.9. The summed E-state index contributed by atoms with van der Waals surface area (Å²) in [5, 5.41) is 30.2. The van der Waals surface area contributed by atoms with Gasteiger partial charge >= 0.3 is 11.9 Å². The third-order valence-electron chi connectivity index (χ3n) is 10.9. The monoisotopic (exact) mass is 743 g/mol. The van der Waals surface area contributed by atoms with Gasteiger partial charge in [0.05, 0.1) is 23.0 Å². The summed E-state index contributed by atoms with van der Waals surface area (Å²) in [4.78, 5) is 67.3. The van der Waals surface area contributed by atoms with E-state index in [4.69, 9.17) is 0 Å². The summed E-state index contributed by atoms with van der Waals surface area (Å²) in [7, 11) is 0. The largest absolute Gasteiger partial charge is 0.478 e. The summed E-state index contributed by atoms with van der Waals surface area (Å²) >= 11 is 0. The molecule has 0 radical (unpaired) electrons. The van der Waals surface area contributed by atoms with Crippen LogP contribution in [0.2, 0.25) is 0 Å². The molecule has 56 heavy (non-hydrogen) atoms. The van der Waals surface area contributed by atoms with Crippen molar-refractivity contribution in [1.82, 2.24) is 10.6 Å². The van der Waals surface area contributed by atoms with E-state index in [1.807, 2.05) is 121 Å². The SMILES string of the molecule is O=C(O)c1cc(NC(=O)[C@H](Cc2ccccc2)NC(=O)[C@@H]2C3c4ccccc4C(c4ccccc43)[C@@H]2C(=O)NCc2ccc3ccccc3c2)cc(C(=O)O)c1. The molecule has 0 heterocycles. The lowest BCUT2D eigenvalue weighted by Gasteiger charge is -2.49. The number of carbonyl (C=O) groups excluding carboxylic acids is 3. The Labute approximate surface area is 322 Å². The molecule has 0 unspecified atom stereocenters. The molecule has 278 valence electrons. The highest BCUT2D eigenvalue weighted by Crippen LogP contribution is 2.58. The first-order valence-electron chi connectivity index (χ1n) is 18.4. The van der Waals surface area contributed by atoms with Crippen LogP contribution in [-0.2, 0) is 27.3 Å². The molecule has 0 saturated carbocycles. The molecular weight excluding hydrogens is 707 g/mol. The van der Waals surface area contributed by atoms with Crippen molar-refractivity contribution >= 4 is 46.1 Å². The Bertz CT molecular complexity index is 2450. The van der Waals surface area contributed by atoms with Gasteiger partial charge in [0.2, 0.25) is 17.7 Å². The van der Waals surface area contributed by atoms with Gasteiger partial charge in [-0.05, 0) is 68.4 Å². The minimum absolute atomic E-state index is 0.0508. The van der Waals surface area contributed by atoms with Crippen LogP contribution in [-0.4, -0.2) is 45.9 Å². The number of benzene rings is 6. The molecular formula is C46H37N3O7. The quantitative estimate of drug-likeness (QED) is 0.0982. The second-order valence-corrected chi connectivity index (χ2v) is 14.3. The first-order chi connectivity index (χ1) is 27.2. The van der Waals surface area contributed by atoms with Gasteiger partial charge in [0.1, 0.15) is 6.04 Å². The molecule has 0 fully saturated rings. The van der Waals surface area contributed by atoms with Crippen LogP contribution >= 0.6 is 0 Å². The highest BCUT2D eigenvalue weighted by atomic mass is 16.4. The number of amides is 3. The van der Waals surface area contributed by atoms with Crippen molar-refractivity contribution < 1.29 is 34.2 Å². The normalized spacial score (nSPS) is 18.2. The van der Waals surface area contributed by atoms with E-state index in [0.29, 0.717) is 0 Å². The molecule has 10 nitrogen and oxygen atoms in total. The highest BCUT2D eigenvalue weighted by Gasteiger charge is 2.55. The fourth-order valence-electron chi connectivity index (χ4n) is 8.47. The van der Waals surface area contributed by atoms with Gasteiger partial charge in [0, 0.05) is 30.5 Å². The number of rotatable bonds is 11. The second kappa shape index (κ2) is 15.0. The zero-order valence-corrected chi connectivity index (χ0v) is 30.0. The number of hydrogen-bond donors (Lipinski definition) is 5. The number of carboxylic acid groups (broad SMARTS) is 2. The molecule has 3 amide bonds. The second-order valence-electron chi connectivity index (χ2n) is 14.3. The van der Waals surface area contributed by atoms with E-state index in [-0.39, 0.29) is 35.7 Å². The number of anilines is 1. The lowest BCUT2D eigenvalue weighted by atomic mass is 9.53. The van der Waals surface area contributed by atoms with Gasteiger partial charge in [0.25, 0.3) is 0 Å². The van der Waals surface area contributed by atoms with E-state index in [1.54, 1.807) is 0 Å². The van der Waals surface area contributed by atoms with Gasteiger partial charge in [0.15, 0.2) is 0 Å². The van der Waals surface area contributed by atoms with Crippen LogP contribution in [0.1, 0.15) is 65.9 Å². The molecule has 0 aromatic heterocycles. The fourth-order valence-corrected chi connectivity index (χ4v) is 8.47. The summed E-state index contributed by atoms with van der Waals surface area (Å²) in [5.41, 5.74) is 4.83. The Morgan fingerprint density at radius 2 is 1.05 bits per heavy atom. The summed E-state index contributed by atoms with van der Waals surface area (Å²) in [6.07, 6.45) is 0.0651. The van der Waals surface area contributed by atoms with Crippen molar-refractivity contribution in [3.63, 3.8) is 0 Å². The Morgan fingerprint density at radius 3 is 1.62 bits per heavy atom. The molecule has 0 spiro atoms. The molecule has 0 aliphatic heterocycles. The highest BCUT2D eigenvalue weighted by molar-refractivity contribution is 6.02. The number of aromatic carboxylic acids is 2. The number of fused-ring (bicyclic) bond motifs is 2. The van der Waals surface area contributed by atoms with Crippen molar-refractivity contribution in [2.24, 2.45) is 11.8 Å². The van der Waals surface area contributed by atoms with Crippen LogP contribution in [0.25, 0.3) is 10.8 Å². The summed E-state index contributed by atoms with van der Waals surface area (Å²) < 4.78 is 0. The van der Waals surface area contributed by atoms with Gasteiger partial charge in [-0.3, -0.25) is 14.4 Å². The summed E-state index contributed by atoms with van der Waals surface area (Å²) in [6, 6.07) is 41.0. The lowest BCUT2D eigenvalue weighted by molar-refractivity contribution is -0.138. The van der Waals surface area contributed by atoms with Gasteiger partial charge in [-0.2, -0.15) is 0 Å². The molecule has 6 aromatic rings. The van der Waals surface area contributed by atoms with Crippen LogP contribution in [0.3, 0.4) is 0 Å². The van der Waals surface area contributed by atoms with E-state index in [1.165, 1.54) is 0 Å². The van der Waals surface area contributed by atoms with Crippen LogP contribution in [0.5, 0.6) is 0 Å². The fraction of sp³-hybridized carbons (Fsp3) is 0.152. The van der Waals surface area contributed by atoms with E-state index in [0.717, 1.165) is 62.4 Å². The van der Waals surface area contributed by atoms with E-state index in [9.17, 15) is 34.2 Å². The minimum Gasteiger partial charge on any atom is -0.478 e. The number of nitrogens with one attached hydrogen (secondary N) is 3. The van der Waals surface area contributed by atoms with E-state index >= 15 is 0 Å². The Kier molecular flexibility index (Phi) is 9.62. The average Bonchev–Trinajstić information content (AvgIpc) is 3.22. The molecule has 3 aliphatic carbocycles. The van der Waals surface area contributed by atoms with Crippen molar-refractivity contribution in [2.75, 3.05) is 5.32 Å². The Morgan fingerprint density at radius 1 is 0.536 bits per heavy atom. The Hall–Kier alpha value is -7.07. The third-order valence-corrected chi connectivity index (χ3v) is 10.9. The van der Waals surface area contributed by atoms with Crippen LogP contribution in [0.4, 0.5) is 5.69 Å². The molecule has 3 aliphatic rings. The van der Waals surface area contributed by atoms with Gasteiger partial charge < -0.3 is 26.2 Å². The molecule has 0 saturated heterocycles. The molecule has 5 N–H and O–H groups in total. The van der Waals surface area contributed by atoms with Gasteiger partial charge in [-0.1, -0.05) is 115 Å². The molecule has 10 heteroatoms. The van der Waals surface area contributed by atoms with Crippen molar-refractivity contribution in [3.05, 3.63) is 184 Å². The van der Waals surface area contributed by atoms with Crippen LogP contribution in [0, 0.1) is 11.8 Å². The summed E-state index contributed by atoms with van der Waals surface area (Å²) in [5.74, 6) is -6.84. The van der Waals surface area contributed by atoms with Crippen LogP contribution < -0.4 is 16.0 Å². The number of carboxylic acids is 2. The van der Waals surface area contributed by atoms with E-state index in [2.05, 4.69) is 16.0 Å². The van der Waals surface area contributed by atoms with Crippen molar-refractivity contribution in [2.45, 2.75) is 30.8 Å². The first kappa shape index (κ1) is 35.9. The predicted octanol–water partition coefficient (Wildman–Crippen LogP) is 6.74. The average molecular weight is 744 g/mol. The maximum atomic E-state index is 15.0. The minimum atomic E-state index is -1.37. The lowest BCUT2D eigenvalue weighted by Crippen LogP contribution is -2.55. The maximum absolute atomic E-state index is 15.0. The topological polar surface area (TPSA) is 162 Å². The smallest absolute Gasteiger partial charge is 0.335 e. The molecule has 9 rings (SSSR count). The van der Waals surface area contributed by atoms with Crippen molar-refractivity contribution in [3.8, 4) is 0 Å². The first-order valence-corrected chi connectivity index (χ1v) is 18.4. The molecule has 6 aromatic carbocycles.